The maximum Gasteiger partial charge on any atom is 0.148 e. The van der Waals surface area contributed by atoms with Gasteiger partial charge in [0.05, 0.1) is 22.3 Å². The van der Waals surface area contributed by atoms with Crippen molar-refractivity contribution in [3.8, 4) is 89.7 Å². The van der Waals surface area contributed by atoms with Crippen molar-refractivity contribution < 1.29 is 31.7 Å². The Labute approximate surface area is 438 Å². The van der Waals surface area contributed by atoms with E-state index in [4.69, 9.17) is 12.7 Å². The van der Waals surface area contributed by atoms with Crippen molar-refractivity contribution in [2.45, 2.75) is 64.1 Å². The summed E-state index contributed by atoms with van der Waals surface area (Å²) in [5, 5.41) is 12.4. The third-order valence-corrected chi connectivity index (χ3v) is 14.3. The van der Waals surface area contributed by atoms with E-state index in [9.17, 15) is 7.85 Å². The molecule has 10 aromatic rings. The number of phenols is 1. The van der Waals surface area contributed by atoms with Crippen LogP contribution in [0.5, 0.6) is 5.75 Å². The maximum atomic E-state index is 12.4. The molecule has 0 amide bonds. The molecule has 2 heterocycles. The van der Waals surface area contributed by atoms with E-state index in [0.29, 0.717) is 28.0 Å². The quantitative estimate of drug-likeness (QED) is 0.124. The van der Waals surface area contributed by atoms with Crippen LogP contribution in [0.2, 0.25) is 0 Å². The number of para-hydroxylation sites is 2. The molecule has 0 bridgehead atoms. The first kappa shape index (κ1) is 41.6. The summed E-state index contributed by atoms with van der Waals surface area (Å²) in [4.78, 5) is 10.5. The minimum atomic E-state index is -1.52. The van der Waals surface area contributed by atoms with E-state index >= 15 is 0 Å². The predicted octanol–water partition coefficient (Wildman–Crippen LogP) is 17.1. The fraction of sp³-hybridized carbons (Fsp3) is 0.182. The van der Waals surface area contributed by atoms with Gasteiger partial charge in [-0.3, -0.25) is 9.55 Å². The van der Waals surface area contributed by atoms with Gasteiger partial charge in [0.25, 0.3) is 0 Å². The first-order chi connectivity index (χ1) is 36.1. The van der Waals surface area contributed by atoms with Crippen LogP contribution >= 0.6 is 0 Å². The summed E-state index contributed by atoms with van der Waals surface area (Å²) in [6.07, 6.45) is 6.80. The number of aromatic hydroxyl groups is 1. The van der Waals surface area contributed by atoms with Crippen LogP contribution in [-0.2, 0) is 33.8 Å². The van der Waals surface area contributed by atoms with E-state index in [1.54, 1.807) is 0 Å². The van der Waals surface area contributed by atoms with E-state index in [0.717, 1.165) is 129 Å². The summed E-state index contributed by atoms with van der Waals surface area (Å²) in [5.41, 5.74) is 14.9. The van der Waals surface area contributed by atoms with Gasteiger partial charge < -0.3 is 5.11 Å². The Hall–Kier alpha value is -7.13. The summed E-state index contributed by atoms with van der Waals surface area (Å²) in [6, 6.07) is 68.6. The number of nitrogens with zero attached hydrogens (tertiary/aromatic N) is 3. The number of hydrogen-bond donors (Lipinski definition) is 1. The minimum absolute atomic E-state index is 0. The molecule has 2 saturated carbocycles. The molecular weight excluding hydrogens is 1050 g/mol. The van der Waals surface area contributed by atoms with Crippen molar-refractivity contribution in [1.29, 1.82) is 0 Å². The number of pyridine rings is 1. The van der Waals surface area contributed by atoms with E-state index in [-0.39, 0.29) is 38.7 Å². The van der Waals surface area contributed by atoms with Crippen LogP contribution in [0.25, 0.3) is 95.0 Å². The van der Waals surface area contributed by atoms with E-state index < -0.39 is 12.7 Å². The molecule has 2 fully saturated rings. The predicted molar refractivity (Wildman–Crippen MR) is 289 cm³/mol. The Morgan fingerprint density at radius 3 is 1.75 bits per heavy atom. The van der Waals surface area contributed by atoms with Crippen molar-refractivity contribution >= 4 is 11.0 Å². The van der Waals surface area contributed by atoms with Gasteiger partial charge in [0.2, 0.25) is 0 Å². The Kier molecular flexibility index (Phi) is 12.1. The second-order valence-electron chi connectivity index (χ2n) is 18.9. The molecule has 0 aliphatic heterocycles. The number of aromatic nitrogens is 3. The van der Waals surface area contributed by atoms with Gasteiger partial charge in [0.15, 0.2) is 0 Å². The fourth-order valence-electron chi connectivity index (χ4n) is 10.8. The van der Waals surface area contributed by atoms with Crippen LogP contribution in [0.15, 0.2) is 200 Å². The van der Waals surface area contributed by atoms with Crippen molar-refractivity contribution in [3.63, 3.8) is 0 Å². The number of phenolic OH excluding ortho intramolecular Hbond substituents is 1. The molecule has 2 aliphatic carbocycles. The number of fused-ring (bicyclic) bond motifs is 1. The number of imidazole rings is 1. The first-order valence-electron chi connectivity index (χ1n) is 26.9. The molecule has 2 aromatic heterocycles. The van der Waals surface area contributed by atoms with Gasteiger partial charge in [0, 0.05) is 49.6 Å². The Bertz CT molecular complexity index is 3650. The van der Waals surface area contributed by atoms with Gasteiger partial charge in [-0.05, 0) is 93.9 Å². The minimum Gasteiger partial charge on any atom is -0.507 e. The zero-order chi connectivity index (χ0) is 50.4. The number of hydrogen-bond acceptors (Lipinski definition) is 3. The zero-order valence-corrected chi connectivity index (χ0v) is 41.7. The largest absolute Gasteiger partial charge is 0.507 e. The van der Waals surface area contributed by atoms with E-state index in [1.807, 2.05) is 140 Å². The van der Waals surface area contributed by atoms with Crippen molar-refractivity contribution in [1.82, 2.24) is 14.5 Å². The Morgan fingerprint density at radius 2 is 1.06 bits per heavy atom. The molecule has 0 atom stereocenters. The number of rotatable bonds is 12. The van der Waals surface area contributed by atoms with Crippen molar-refractivity contribution in [2.75, 3.05) is 0 Å². The average Bonchev–Trinajstić information content (AvgIpc) is 4.28. The molecule has 5 heteroatoms. The van der Waals surface area contributed by atoms with Crippen LogP contribution < -0.4 is 0 Å². The molecule has 1 N–H and O–H groups in total. The van der Waals surface area contributed by atoms with Gasteiger partial charge in [-0.15, -0.1) is 23.8 Å². The second kappa shape index (κ2) is 20.7. The van der Waals surface area contributed by atoms with E-state index in [1.165, 1.54) is 0 Å². The Balaban J connectivity index is 0.00000602. The third-order valence-electron chi connectivity index (χ3n) is 14.3. The second-order valence-corrected chi connectivity index (χ2v) is 18.9. The Morgan fingerprint density at radius 1 is 0.493 bits per heavy atom. The van der Waals surface area contributed by atoms with Crippen LogP contribution in [0, 0.1) is 17.9 Å². The topological polar surface area (TPSA) is 50.9 Å². The molecule has 8 aromatic carbocycles. The summed E-state index contributed by atoms with van der Waals surface area (Å²) >= 11 is 0. The van der Waals surface area contributed by atoms with Gasteiger partial charge >= 0.3 is 0 Å². The monoisotopic (exact) mass is 1110 g/mol. The molecular formula is C66H56N3OPt-. The molecule has 0 unspecified atom stereocenters. The number of benzene rings is 8. The van der Waals surface area contributed by atoms with Crippen LogP contribution in [0.4, 0.5) is 0 Å². The third kappa shape index (κ3) is 9.59. The fourth-order valence-corrected chi connectivity index (χ4v) is 10.8. The smallest absolute Gasteiger partial charge is 0.148 e. The molecule has 0 radical (unpaired) electrons. The first-order valence-corrected chi connectivity index (χ1v) is 24.9. The zero-order valence-electron chi connectivity index (χ0n) is 43.5. The van der Waals surface area contributed by atoms with Crippen LogP contribution in [0.1, 0.15) is 68.0 Å². The molecule has 12 rings (SSSR count). The van der Waals surface area contributed by atoms with Gasteiger partial charge in [-0.1, -0.05) is 220 Å². The van der Waals surface area contributed by atoms with Gasteiger partial charge in [0.1, 0.15) is 11.6 Å². The van der Waals surface area contributed by atoms with Gasteiger partial charge in [-0.2, -0.15) is 0 Å². The molecule has 352 valence electrons. The van der Waals surface area contributed by atoms with Crippen molar-refractivity contribution in [3.05, 3.63) is 218 Å². The molecule has 2 aliphatic rings. The maximum absolute atomic E-state index is 12.4. The molecule has 4 nitrogen and oxygen atoms in total. The summed E-state index contributed by atoms with van der Waals surface area (Å²) in [7, 11) is 0. The summed E-state index contributed by atoms with van der Waals surface area (Å²) in [5.74, 6) is 0.646. The SMILES string of the molecule is [2H]C([2H])(c1ccc(-c2ccnc(-c3[c-]c(-c4cccc5c4nc(-c4cccc(-c6ccccc6)c4O)n5-c4ccc(C([2H])([2H])C5CCCC5)cc4-c4ccccc4)cc(-c4ccccc4)c3)c2)cc1)C1CCCC1.[Pt]. The summed E-state index contributed by atoms with van der Waals surface area (Å²) in [6.45, 7) is 0. The van der Waals surface area contributed by atoms with Crippen LogP contribution in [0.3, 0.4) is 0 Å². The average molecular weight is 1110 g/mol. The van der Waals surface area contributed by atoms with Crippen molar-refractivity contribution in [2.24, 2.45) is 11.8 Å². The normalized spacial score (nSPS) is 15.2. The summed E-state index contributed by atoms with van der Waals surface area (Å²) < 4.78 is 39.1. The molecule has 71 heavy (non-hydrogen) atoms. The molecule has 0 saturated heterocycles. The van der Waals surface area contributed by atoms with Gasteiger partial charge in [-0.25, -0.2) is 4.98 Å². The molecule has 0 spiro atoms. The standard InChI is InChI=1S/C66H56N3O.Pt/c70-65-58(51-22-6-2-7-23-51)27-14-28-59(65)66-68-64-57(26-15-29-63(64)69(66)62-35-32-48(39-46-18-12-13-19-46)40-60(62)52-24-8-3-9-25-52)55-41-54(49-20-4-1-5-21-49)42-56(43-55)61-44-53(36-37-67-61)50-33-30-47(31-34-50)38-45-16-10-11-17-45;/h1-9,14-15,20-37,40-42,44-46,70H,10-13,16-19,38-39H2;/q-1;/i38D2,39D2;. The van der Waals surface area contributed by atoms with E-state index in [2.05, 4.69) is 71.3 Å². The van der Waals surface area contributed by atoms with Crippen LogP contribution in [-0.4, -0.2) is 19.6 Å².